The fourth-order valence-electron chi connectivity index (χ4n) is 3.26. The molecule has 0 saturated carbocycles. The number of rotatable bonds is 4. The smallest absolute Gasteiger partial charge is 0.186 e. The fourth-order valence-corrected chi connectivity index (χ4v) is 4.13. The largest absolute Gasteiger partial charge is 0.292 e. The van der Waals surface area contributed by atoms with Crippen molar-refractivity contribution >= 4 is 23.2 Å². The number of aromatic nitrogens is 1. The number of Topliss-reactive ketones (excluding diaryl/α,β-unsaturated/α-hetero) is 1. The van der Waals surface area contributed by atoms with E-state index in [2.05, 4.69) is 23.2 Å². The van der Waals surface area contributed by atoms with E-state index in [9.17, 15) is 10.1 Å². The molecule has 1 heterocycles. The van der Waals surface area contributed by atoms with Gasteiger partial charge in [-0.2, -0.15) is 5.26 Å². The van der Waals surface area contributed by atoms with Gasteiger partial charge < -0.3 is 0 Å². The second-order valence-electron chi connectivity index (χ2n) is 6.72. The Hall–Kier alpha value is -3.03. The van der Waals surface area contributed by atoms with E-state index in [4.69, 9.17) is 0 Å². The van der Waals surface area contributed by atoms with Crippen LogP contribution in [0.1, 0.15) is 44.4 Å². The molecule has 4 rings (SSSR count). The number of ketones is 1. The van der Waals surface area contributed by atoms with E-state index in [0.29, 0.717) is 10.6 Å². The Morgan fingerprint density at radius 3 is 2.81 bits per heavy atom. The lowest BCUT2D eigenvalue weighted by atomic mass is 9.91. The zero-order valence-electron chi connectivity index (χ0n) is 15.0. The van der Waals surface area contributed by atoms with Crippen LogP contribution in [0.25, 0.3) is 17.3 Å². The van der Waals surface area contributed by atoms with E-state index in [1.165, 1.54) is 22.5 Å². The summed E-state index contributed by atoms with van der Waals surface area (Å²) < 4.78 is 0. The third kappa shape index (κ3) is 3.47. The van der Waals surface area contributed by atoms with E-state index in [0.717, 1.165) is 29.7 Å². The molecule has 0 fully saturated rings. The molecule has 1 aliphatic carbocycles. The highest BCUT2D eigenvalue weighted by Crippen LogP contribution is 2.30. The van der Waals surface area contributed by atoms with Crippen molar-refractivity contribution in [1.82, 2.24) is 4.98 Å². The van der Waals surface area contributed by atoms with Crippen LogP contribution >= 0.6 is 11.3 Å². The predicted octanol–water partition coefficient (Wildman–Crippen LogP) is 5.57. The Morgan fingerprint density at radius 1 is 1.22 bits per heavy atom. The summed E-state index contributed by atoms with van der Waals surface area (Å²) in [6.45, 7) is 2.04. The number of aryl methyl sites for hydroxylation is 2. The minimum Gasteiger partial charge on any atom is -0.292 e. The molecule has 132 valence electrons. The molecule has 3 aromatic rings. The van der Waals surface area contributed by atoms with E-state index in [1.54, 1.807) is 0 Å². The number of hydrogen-bond donors (Lipinski definition) is 0. The SMILES string of the molecule is Cc1ccc(-c2csc(C(C#N)C(=O)c3ccc4c(c3)CCC=C4)n2)cc1. The summed E-state index contributed by atoms with van der Waals surface area (Å²) in [5.41, 5.74) is 5.89. The van der Waals surface area contributed by atoms with E-state index in [1.807, 2.05) is 54.8 Å². The summed E-state index contributed by atoms with van der Waals surface area (Å²) in [5, 5.41) is 12.1. The van der Waals surface area contributed by atoms with Crippen LogP contribution in [0.2, 0.25) is 0 Å². The first-order chi connectivity index (χ1) is 13.2. The molecule has 0 spiro atoms. The van der Waals surface area contributed by atoms with Gasteiger partial charge in [0.05, 0.1) is 11.8 Å². The summed E-state index contributed by atoms with van der Waals surface area (Å²) in [5.74, 6) is -1.05. The first-order valence-electron chi connectivity index (χ1n) is 8.91. The maximum atomic E-state index is 13.0. The maximum absolute atomic E-state index is 13.0. The molecule has 0 N–H and O–H groups in total. The molecular formula is C23H18N2OS. The van der Waals surface area contributed by atoms with Crippen LogP contribution in [0.3, 0.4) is 0 Å². The van der Waals surface area contributed by atoms with Gasteiger partial charge in [-0.15, -0.1) is 11.3 Å². The first kappa shape index (κ1) is 17.4. The number of carbonyl (C=O) groups excluding carboxylic acids is 1. The van der Waals surface area contributed by atoms with Gasteiger partial charge in [0.15, 0.2) is 11.7 Å². The van der Waals surface area contributed by atoms with Crippen LogP contribution in [-0.4, -0.2) is 10.8 Å². The minimum atomic E-state index is -0.869. The normalized spacial score (nSPS) is 13.6. The molecule has 0 radical (unpaired) electrons. The van der Waals surface area contributed by atoms with Crippen molar-refractivity contribution in [3.8, 4) is 17.3 Å². The maximum Gasteiger partial charge on any atom is 0.186 e. The van der Waals surface area contributed by atoms with Gasteiger partial charge in [-0.1, -0.05) is 54.1 Å². The quantitative estimate of drug-likeness (QED) is 0.564. The van der Waals surface area contributed by atoms with Crippen LogP contribution in [0, 0.1) is 18.3 Å². The molecule has 1 atom stereocenters. The number of benzene rings is 2. The Kier molecular flexibility index (Phi) is 4.70. The predicted molar refractivity (Wildman–Crippen MR) is 109 cm³/mol. The molecule has 4 heteroatoms. The Labute approximate surface area is 162 Å². The average molecular weight is 370 g/mol. The summed E-state index contributed by atoms with van der Waals surface area (Å²) >= 11 is 1.37. The third-order valence-corrected chi connectivity index (χ3v) is 5.72. The van der Waals surface area contributed by atoms with Gasteiger partial charge in [-0.25, -0.2) is 4.98 Å². The second kappa shape index (κ2) is 7.30. The van der Waals surface area contributed by atoms with Gasteiger partial charge in [-0.05, 0) is 37.0 Å². The van der Waals surface area contributed by atoms with Gasteiger partial charge in [0.1, 0.15) is 5.01 Å². The molecule has 1 unspecified atom stereocenters. The summed E-state index contributed by atoms with van der Waals surface area (Å²) in [6.07, 6.45) is 6.14. The number of nitriles is 1. The van der Waals surface area contributed by atoms with Crippen molar-refractivity contribution in [2.75, 3.05) is 0 Å². The van der Waals surface area contributed by atoms with Crippen molar-refractivity contribution in [2.24, 2.45) is 0 Å². The van der Waals surface area contributed by atoms with Crippen LogP contribution in [-0.2, 0) is 6.42 Å². The van der Waals surface area contributed by atoms with Crippen LogP contribution in [0.4, 0.5) is 0 Å². The van der Waals surface area contributed by atoms with Crippen molar-refractivity contribution in [2.45, 2.75) is 25.7 Å². The lowest BCUT2D eigenvalue weighted by Gasteiger charge is -2.12. The summed E-state index contributed by atoms with van der Waals surface area (Å²) in [4.78, 5) is 17.6. The van der Waals surface area contributed by atoms with E-state index < -0.39 is 5.92 Å². The summed E-state index contributed by atoms with van der Waals surface area (Å²) in [6, 6.07) is 15.9. The third-order valence-electron chi connectivity index (χ3n) is 4.81. The molecule has 1 aromatic heterocycles. The first-order valence-corrected chi connectivity index (χ1v) is 9.79. The summed E-state index contributed by atoms with van der Waals surface area (Å²) in [7, 11) is 0. The zero-order valence-corrected chi connectivity index (χ0v) is 15.8. The van der Waals surface area contributed by atoms with Gasteiger partial charge in [0.2, 0.25) is 0 Å². The lowest BCUT2D eigenvalue weighted by molar-refractivity contribution is 0.0978. The van der Waals surface area contributed by atoms with Gasteiger partial charge in [0.25, 0.3) is 0 Å². The van der Waals surface area contributed by atoms with Crippen LogP contribution in [0.15, 0.2) is 53.9 Å². The lowest BCUT2D eigenvalue weighted by Crippen LogP contribution is -2.12. The fraction of sp³-hybridized carbons (Fsp3) is 0.174. The Bertz CT molecular complexity index is 1070. The van der Waals surface area contributed by atoms with Crippen molar-refractivity contribution < 1.29 is 4.79 Å². The molecule has 0 bridgehead atoms. The van der Waals surface area contributed by atoms with Gasteiger partial charge in [-0.3, -0.25) is 4.79 Å². The van der Waals surface area contributed by atoms with Gasteiger partial charge >= 0.3 is 0 Å². The Balaban J connectivity index is 1.62. The highest BCUT2D eigenvalue weighted by Gasteiger charge is 2.26. The Morgan fingerprint density at radius 2 is 2.04 bits per heavy atom. The average Bonchev–Trinajstić information content (AvgIpc) is 3.18. The topological polar surface area (TPSA) is 53.8 Å². The standard InChI is InChI=1S/C23H18N2OS/c1-15-6-8-17(9-7-15)21-14-27-23(25-21)20(13-24)22(26)19-11-10-16-4-2-3-5-18(16)12-19/h2,4,6-12,14,20H,3,5H2,1H3. The molecule has 0 amide bonds. The van der Waals surface area contributed by atoms with E-state index in [-0.39, 0.29) is 5.78 Å². The molecular weight excluding hydrogens is 352 g/mol. The number of hydrogen-bond acceptors (Lipinski definition) is 4. The van der Waals surface area contributed by atoms with Gasteiger partial charge in [0, 0.05) is 16.5 Å². The number of carbonyl (C=O) groups is 1. The second-order valence-corrected chi connectivity index (χ2v) is 7.61. The monoisotopic (exact) mass is 370 g/mol. The number of nitrogens with zero attached hydrogens (tertiary/aromatic N) is 2. The highest BCUT2D eigenvalue weighted by atomic mass is 32.1. The number of allylic oxidation sites excluding steroid dienone is 1. The molecule has 2 aromatic carbocycles. The minimum absolute atomic E-state index is 0.181. The molecule has 1 aliphatic rings. The molecule has 0 saturated heterocycles. The highest BCUT2D eigenvalue weighted by molar-refractivity contribution is 7.10. The molecule has 0 aliphatic heterocycles. The zero-order chi connectivity index (χ0) is 18.8. The number of thiazole rings is 1. The molecule has 3 nitrogen and oxygen atoms in total. The number of fused-ring (bicyclic) bond motifs is 1. The molecule has 27 heavy (non-hydrogen) atoms. The van der Waals surface area contributed by atoms with Crippen molar-refractivity contribution in [3.05, 3.63) is 81.2 Å². The van der Waals surface area contributed by atoms with Crippen LogP contribution in [0.5, 0.6) is 0 Å². The van der Waals surface area contributed by atoms with Crippen molar-refractivity contribution in [3.63, 3.8) is 0 Å². The van der Waals surface area contributed by atoms with Crippen LogP contribution < -0.4 is 0 Å². The van der Waals surface area contributed by atoms with Crippen molar-refractivity contribution in [1.29, 1.82) is 5.26 Å². The van der Waals surface area contributed by atoms with E-state index >= 15 is 0 Å².